The van der Waals surface area contributed by atoms with Crippen molar-refractivity contribution >= 4 is 17.6 Å². The number of carbonyl (C=O) groups excluding carboxylic acids is 2. The predicted octanol–water partition coefficient (Wildman–Crippen LogP) is 1.64. The van der Waals surface area contributed by atoms with Gasteiger partial charge in [0.2, 0.25) is 11.8 Å². The Bertz CT molecular complexity index is 582. The number of hydrogen-bond acceptors (Lipinski definition) is 4. The van der Waals surface area contributed by atoms with Crippen LogP contribution in [-0.2, 0) is 20.9 Å². The monoisotopic (exact) mass is 336 g/mol. The average Bonchev–Trinajstić information content (AvgIpc) is 2.90. The van der Waals surface area contributed by atoms with Crippen molar-refractivity contribution < 1.29 is 14.3 Å². The summed E-state index contributed by atoms with van der Waals surface area (Å²) in [7, 11) is 0. The molecule has 1 aromatic rings. The van der Waals surface area contributed by atoms with Crippen LogP contribution in [0.1, 0.15) is 45.7 Å². The number of aromatic nitrogens is 2. The minimum Gasteiger partial charge on any atom is -0.379 e. The fourth-order valence-corrected chi connectivity index (χ4v) is 2.88. The smallest absolute Gasteiger partial charge is 0.243 e. The second-order valence-corrected chi connectivity index (χ2v) is 6.37. The summed E-state index contributed by atoms with van der Waals surface area (Å²) >= 11 is 0. The van der Waals surface area contributed by atoms with Gasteiger partial charge in [-0.3, -0.25) is 14.5 Å². The van der Waals surface area contributed by atoms with Crippen LogP contribution in [0.2, 0.25) is 0 Å². The first-order valence-corrected chi connectivity index (χ1v) is 8.69. The normalized spacial score (nSPS) is 15.5. The molecule has 7 nitrogen and oxygen atoms in total. The SMILES string of the molecule is CC[C@H](C(=O)NCCCOC(C)C)N1C(=O)CCn2nc(C)cc21. The molecule has 0 radical (unpaired) electrons. The molecule has 134 valence electrons. The Morgan fingerprint density at radius 2 is 2.21 bits per heavy atom. The van der Waals surface area contributed by atoms with Gasteiger partial charge in [0.15, 0.2) is 0 Å². The third-order valence-electron chi connectivity index (χ3n) is 4.01. The molecular formula is C17H28N4O3. The molecule has 0 saturated carbocycles. The van der Waals surface area contributed by atoms with Crippen molar-refractivity contribution in [1.29, 1.82) is 0 Å². The molecular weight excluding hydrogens is 308 g/mol. The van der Waals surface area contributed by atoms with Gasteiger partial charge < -0.3 is 10.1 Å². The summed E-state index contributed by atoms with van der Waals surface area (Å²) in [5.41, 5.74) is 0.853. The Morgan fingerprint density at radius 3 is 2.88 bits per heavy atom. The maximum Gasteiger partial charge on any atom is 0.243 e. The summed E-state index contributed by atoms with van der Waals surface area (Å²) < 4.78 is 7.27. The molecule has 0 bridgehead atoms. The van der Waals surface area contributed by atoms with Gasteiger partial charge in [0.25, 0.3) is 0 Å². The van der Waals surface area contributed by atoms with E-state index in [-0.39, 0.29) is 17.9 Å². The molecule has 1 aliphatic heterocycles. The van der Waals surface area contributed by atoms with Gasteiger partial charge in [-0.25, -0.2) is 4.68 Å². The zero-order chi connectivity index (χ0) is 17.7. The molecule has 7 heteroatoms. The van der Waals surface area contributed by atoms with Crippen molar-refractivity contribution in [3.05, 3.63) is 11.8 Å². The average molecular weight is 336 g/mol. The highest BCUT2D eigenvalue weighted by atomic mass is 16.5. The minimum atomic E-state index is -0.501. The molecule has 1 N–H and O–H groups in total. The number of fused-ring (bicyclic) bond motifs is 1. The first kappa shape index (κ1) is 18.4. The third kappa shape index (κ3) is 4.35. The number of rotatable bonds is 8. The minimum absolute atomic E-state index is 0.0208. The van der Waals surface area contributed by atoms with E-state index in [2.05, 4.69) is 10.4 Å². The van der Waals surface area contributed by atoms with Crippen molar-refractivity contribution in [3.63, 3.8) is 0 Å². The lowest BCUT2D eigenvalue weighted by molar-refractivity contribution is -0.127. The number of anilines is 1. The Morgan fingerprint density at radius 1 is 1.46 bits per heavy atom. The molecule has 2 rings (SSSR count). The fraction of sp³-hybridized carbons (Fsp3) is 0.706. The lowest BCUT2D eigenvalue weighted by Crippen LogP contribution is -2.52. The van der Waals surface area contributed by atoms with E-state index >= 15 is 0 Å². The highest BCUT2D eigenvalue weighted by molar-refractivity contribution is 6.00. The topological polar surface area (TPSA) is 76.5 Å². The van der Waals surface area contributed by atoms with E-state index in [0.717, 1.165) is 12.1 Å². The van der Waals surface area contributed by atoms with Gasteiger partial charge in [0.05, 0.1) is 18.3 Å². The zero-order valence-electron chi connectivity index (χ0n) is 15.0. The predicted molar refractivity (Wildman–Crippen MR) is 91.9 cm³/mol. The van der Waals surface area contributed by atoms with Crippen LogP contribution in [0.5, 0.6) is 0 Å². The Hall–Kier alpha value is -1.89. The highest BCUT2D eigenvalue weighted by Crippen LogP contribution is 2.25. The van der Waals surface area contributed by atoms with Gasteiger partial charge in [-0.2, -0.15) is 5.10 Å². The summed E-state index contributed by atoms with van der Waals surface area (Å²) in [5, 5.41) is 7.31. The van der Waals surface area contributed by atoms with E-state index in [0.29, 0.717) is 38.4 Å². The third-order valence-corrected chi connectivity index (χ3v) is 4.01. The lowest BCUT2D eigenvalue weighted by Gasteiger charge is -2.33. The summed E-state index contributed by atoms with van der Waals surface area (Å²) in [6, 6.07) is 1.36. The van der Waals surface area contributed by atoms with Crippen LogP contribution >= 0.6 is 0 Å². The molecule has 0 spiro atoms. The molecule has 1 aromatic heterocycles. The molecule has 0 saturated heterocycles. The standard InChI is InChI=1S/C17H28N4O3/c1-5-14(17(23)18-8-6-10-24-12(2)3)21-15-11-13(4)19-20(15)9-7-16(21)22/h11-12,14H,5-10H2,1-4H3,(H,18,23)/t14-/m1/s1. The highest BCUT2D eigenvalue weighted by Gasteiger charge is 2.34. The molecule has 0 aliphatic carbocycles. The maximum absolute atomic E-state index is 12.6. The first-order valence-electron chi connectivity index (χ1n) is 8.69. The van der Waals surface area contributed by atoms with Crippen molar-refractivity contribution in [2.45, 2.75) is 65.6 Å². The molecule has 0 unspecified atom stereocenters. The van der Waals surface area contributed by atoms with Crippen LogP contribution in [0, 0.1) is 6.92 Å². The lowest BCUT2D eigenvalue weighted by atomic mass is 10.1. The van der Waals surface area contributed by atoms with Crippen LogP contribution in [0.15, 0.2) is 6.07 Å². The van der Waals surface area contributed by atoms with Crippen LogP contribution in [0.4, 0.5) is 5.82 Å². The van der Waals surface area contributed by atoms with E-state index in [4.69, 9.17) is 4.74 Å². The van der Waals surface area contributed by atoms with Gasteiger partial charge in [-0.1, -0.05) is 6.92 Å². The summed E-state index contributed by atoms with van der Waals surface area (Å²) in [6.07, 6.45) is 1.88. The molecule has 24 heavy (non-hydrogen) atoms. The number of aryl methyl sites for hydroxylation is 2. The number of nitrogens with one attached hydrogen (secondary N) is 1. The van der Waals surface area contributed by atoms with Crippen molar-refractivity contribution in [1.82, 2.24) is 15.1 Å². The van der Waals surface area contributed by atoms with Crippen LogP contribution in [0.3, 0.4) is 0 Å². The summed E-state index contributed by atoms with van der Waals surface area (Å²) in [6.45, 7) is 9.51. The molecule has 0 aromatic carbocycles. The van der Waals surface area contributed by atoms with Crippen molar-refractivity contribution in [2.24, 2.45) is 0 Å². The Labute approximate surface area is 143 Å². The van der Waals surface area contributed by atoms with Crippen molar-refractivity contribution in [2.75, 3.05) is 18.1 Å². The number of amides is 2. The summed E-state index contributed by atoms with van der Waals surface area (Å²) in [5.74, 6) is 0.573. The molecule has 1 atom stereocenters. The van der Waals surface area contributed by atoms with E-state index in [9.17, 15) is 9.59 Å². The van der Waals surface area contributed by atoms with E-state index < -0.39 is 6.04 Å². The maximum atomic E-state index is 12.6. The Kier molecular flexibility index (Phi) is 6.36. The second-order valence-electron chi connectivity index (χ2n) is 6.37. The van der Waals surface area contributed by atoms with Crippen molar-refractivity contribution in [3.8, 4) is 0 Å². The Balaban J connectivity index is 1.99. The number of ether oxygens (including phenoxy) is 1. The number of nitrogens with zero attached hydrogens (tertiary/aromatic N) is 3. The molecule has 2 amide bonds. The van der Waals surface area contributed by atoms with E-state index in [1.165, 1.54) is 0 Å². The largest absolute Gasteiger partial charge is 0.379 e. The first-order chi connectivity index (χ1) is 11.4. The van der Waals surface area contributed by atoms with Gasteiger partial charge in [-0.15, -0.1) is 0 Å². The van der Waals surface area contributed by atoms with Gasteiger partial charge >= 0.3 is 0 Å². The van der Waals surface area contributed by atoms with Gasteiger partial charge in [0, 0.05) is 25.6 Å². The zero-order valence-corrected chi connectivity index (χ0v) is 15.0. The van der Waals surface area contributed by atoms with Crippen LogP contribution < -0.4 is 10.2 Å². The molecule has 1 aliphatic rings. The quantitative estimate of drug-likeness (QED) is 0.732. The van der Waals surface area contributed by atoms with Crippen LogP contribution in [0.25, 0.3) is 0 Å². The fourth-order valence-electron chi connectivity index (χ4n) is 2.88. The van der Waals surface area contributed by atoms with E-state index in [1.54, 1.807) is 4.90 Å². The van der Waals surface area contributed by atoms with Gasteiger partial charge in [-0.05, 0) is 33.6 Å². The van der Waals surface area contributed by atoms with Crippen LogP contribution in [-0.4, -0.2) is 46.9 Å². The van der Waals surface area contributed by atoms with E-state index in [1.807, 2.05) is 38.4 Å². The second kappa shape index (κ2) is 8.28. The molecule has 2 heterocycles. The number of carbonyl (C=O) groups is 2. The molecule has 0 fully saturated rings. The number of hydrogen-bond donors (Lipinski definition) is 1. The van der Waals surface area contributed by atoms with Gasteiger partial charge in [0.1, 0.15) is 11.9 Å². The summed E-state index contributed by atoms with van der Waals surface area (Å²) in [4.78, 5) is 26.6.